The van der Waals surface area contributed by atoms with E-state index >= 15 is 0 Å². The summed E-state index contributed by atoms with van der Waals surface area (Å²) in [6, 6.07) is 0. The second kappa shape index (κ2) is 70.4. The molecule has 0 rings (SSSR count). The third-order valence-corrected chi connectivity index (χ3v) is 20.9. The van der Waals surface area contributed by atoms with Crippen molar-refractivity contribution in [1.82, 2.24) is 0 Å². The molecule has 6 atom stereocenters. The number of phosphoric acid groups is 2. The van der Waals surface area contributed by atoms with Crippen molar-refractivity contribution >= 4 is 39.5 Å². The normalized spacial score (nSPS) is 14.3. The zero-order valence-corrected chi connectivity index (χ0v) is 66.8. The molecular formula is C80H156O17P2. The molecule has 3 unspecified atom stereocenters. The Balaban J connectivity index is 5.25. The van der Waals surface area contributed by atoms with Gasteiger partial charge in [-0.2, -0.15) is 0 Å². The predicted octanol–water partition coefficient (Wildman–Crippen LogP) is 23.7. The molecule has 0 amide bonds. The lowest BCUT2D eigenvalue weighted by atomic mass is 9.99. The number of carbonyl (C=O) groups is 4. The Morgan fingerprint density at radius 3 is 0.768 bits per heavy atom. The maximum absolute atomic E-state index is 13.1. The van der Waals surface area contributed by atoms with Crippen LogP contribution in [-0.2, 0) is 65.4 Å². The molecule has 588 valence electrons. The van der Waals surface area contributed by atoms with Gasteiger partial charge in [0.2, 0.25) is 0 Å². The summed E-state index contributed by atoms with van der Waals surface area (Å²) in [5.74, 6) is 0.211. The van der Waals surface area contributed by atoms with Crippen LogP contribution < -0.4 is 0 Å². The number of ether oxygens (including phenoxy) is 4. The van der Waals surface area contributed by atoms with Crippen LogP contribution in [0.25, 0.3) is 0 Å². The van der Waals surface area contributed by atoms with Crippen LogP contribution in [0.2, 0.25) is 0 Å². The maximum Gasteiger partial charge on any atom is 0.472 e. The number of aliphatic hydroxyl groups excluding tert-OH is 1. The van der Waals surface area contributed by atoms with Crippen molar-refractivity contribution < 1.29 is 80.2 Å². The molecule has 0 heterocycles. The van der Waals surface area contributed by atoms with Gasteiger partial charge in [-0.3, -0.25) is 37.3 Å². The van der Waals surface area contributed by atoms with Crippen LogP contribution in [-0.4, -0.2) is 96.7 Å². The molecular weight excluding hydrogens is 1290 g/mol. The number of unbranched alkanes of at least 4 members (excludes halogenated alkanes) is 45. The minimum absolute atomic E-state index is 0.105. The first-order chi connectivity index (χ1) is 47.8. The second-order valence-corrected chi connectivity index (χ2v) is 32.9. The van der Waals surface area contributed by atoms with Crippen LogP contribution in [0.4, 0.5) is 0 Å². The van der Waals surface area contributed by atoms with Gasteiger partial charge in [0, 0.05) is 25.7 Å². The molecule has 0 aromatic rings. The lowest BCUT2D eigenvalue weighted by Crippen LogP contribution is -2.30. The van der Waals surface area contributed by atoms with Crippen molar-refractivity contribution in [1.29, 1.82) is 0 Å². The minimum Gasteiger partial charge on any atom is -0.462 e. The monoisotopic (exact) mass is 1450 g/mol. The van der Waals surface area contributed by atoms with Gasteiger partial charge in [-0.25, -0.2) is 9.13 Å². The molecule has 0 spiro atoms. The summed E-state index contributed by atoms with van der Waals surface area (Å²) in [6.07, 6.45) is 58.2. The molecule has 0 aliphatic heterocycles. The average Bonchev–Trinajstić information content (AvgIpc) is 1.01. The fourth-order valence-corrected chi connectivity index (χ4v) is 13.9. The second-order valence-electron chi connectivity index (χ2n) is 30.0. The number of esters is 4. The number of rotatable bonds is 78. The zero-order chi connectivity index (χ0) is 73.0. The Hall–Kier alpha value is -1.94. The number of hydrogen-bond donors (Lipinski definition) is 3. The number of carbonyl (C=O) groups excluding carboxylic acids is 4. The van der Waals surface area contributed by atoms with Gasteiger partial charge in [-0.15, -0.1) is 0 Å². The summed E-state index contributed by atoms with van der Waals surface area (Å²) in [5, 5.41) is 10.6. The topological polar surface area (TPSA) is 237 Å². The Morgan fingerprint density at radius 1 is 0.293 bits per heavy atom. The van der Waals surface area contributed by atoms with E-state index in [0.717, 1.165) is 108 Å². The molecule has 0 saturated carbocycles. The Morgan fingerprint density at radius 2 is 0.515 bits per heavy atom. The Bertz CT molecular complexity index is 1920. The third kappa shape index (κ3) is 72.8. The maximum atomic E-state index is 13.1. The molecule has 0 aliphatic rings. The zero-order valence-electron chi connectivity index (χ0n) is 65.0. The van der Waals surface area contributed by atoms with Crippen molar-refractivity contribution in [2.24, 2.45) is 17.8 Å². The highest BCUT2D eigenvalue weighted by Gasteiger charge is 2.30. The van der Waals surface area contributed by atoms with Crippen LogP contribution in [0.1, 0.15) is 414 Å². The van der Waals surface area contributed by atoms with E-state index in [4.69, 9.17) is 37.0 Å². The van der Waals surface area contributed by atoms with Crippen molar-refractivity contribution in [3.05, 3.63) is 0 Å². The smallest absolute Gasteiger partial charge is 0.462 e. The average molecular weight is 1450 g/mol. The van der Waals surface area contributed by atoms with Crippen molar-refractivity contribution in [3.8, 4) is 0 Å². The van der Waals surface area contributed by atoms with Gasteiger partial charge in [0.05, 0.1) is 26.4 Å². The highest BCUT2D eigenvalue weighted by Crippen LogP contribution is 2.45. The number of hydrogen-bond acceptors (Lipinski definition) is 15. The van der Waals surface area contributed by atoms with Gasteiger partial charge in [0.1, 0.15) is 19.3 Å². The fourth-order valence-electron chi connectivity index (χ4n) is 12.3. The quantitative estimate of drug-likeness (QED) is 0.0222. The van der Waals surface area contributed by atoms with E-state index in [0.29, 0.717) is 25.7 Å². The van der Waals surface area contributed by atoms with Crippen LogP contribution in [0.15, 0.2) is 0 Å². The van der Waals surface area contributed by atoms with Gasteiger partial charge in [0.15, 0.2) is 12.2 Å². The SMILES string of the molecule is CCCCCCCCCCCCCCCCCCC(=O)OC[C@H](COP(=O)(O)OC[C@@H](O)COP(=O)(O)OC[C@@H](COC(=O)CCCCCCCCCCC(C)CC)OC(=O)CCCCCCCCCCCC(C)C)OC(=O)CCCCCCCCCCCCCCCCCCC(C)C. The van der Waals surface area contributed by atoms with Crippen molar-refractivity contribution in [2.45, 2.75) is 433 Å². The number of aliphatic hydroxyl groups is 1. The van der Waals surface area contributed by atoms with Gasteiger partial charge < -0.3 is 33.8 Å². The Kier molecular flexibility index (Phi) is 69.0. The van der Waals surface area contributed by atoms with E-state index in [2.05, 4.69) is 48.5 Å². The molecule has 0 fully saturated rings. The highest BCUT2D eigenvalue weighted by molar-refractivity contribution is 7.47. The summed E-state index contributed by atoms with van der Waals surface area (Å²) >= 11 is 0. The fraction of sp³-hybridized carbons (Fsp3) is 0.950. The van der Waals surface area contributed by atoms with Gasteiger partial charge in [-0.05, 0) is 43.4 Å². The molecule has 19 heteroatoms. The molecule has 17 nitrogen and oxygen atoms in total. The molecule has 99 heavy (non-hydrogen) atoms. The van der Waals surface area contributed by atoms with Gasteiger partial charge in [-0.1, -0.05) is 363 Å². The first kappa shape index (κ1) is 97.1. The van der Waals surface area contributed by atoms with E-state index in [9.17, 15) is 43.2 Å². The van der Waals surface area contributed by atoms with E-state index in [1.807, 2.05) is 0 Å². The highest BCUT2D eigenvalue weighted by atomic mass is 31.2. The summed E-state index contributed by atoms with van der Waals surface area (Å²) in [4.78, 5) is 73.0. The molecule has 0 saturated heterocycles. The summed E-state index contributed by atoms with van der Waals surface area (Å²) in [5.41, 5.74) is 0. The van der Waals surface area contributed by atoms with Crippen LogP contribution >= 0.6 is 15.6 Å². The van der Waals surface area contributed by atoms with Crippen LogP contribution in [0.3, 0.4) is 0 Å². The van der Waals surface area contributed by atoms with E-state index in [1.165, 1.54) is 225 Å². The largest absolute Gasteiger partial charge is 0.472 e. The van der Waals surface area contributed by atoms with Crippen molar-refractivity contribution in [3.63, 3.8) is 0 Å². The molecule has 0 aromatic heterocycles. The van der Waals surface area contributed by atoms with E-state index in [-0.39, 0.29) is 25.7 Å². The Labute approximate surface area is 607 Å². The first-order valence-corrected chi connectivity index (χ1v) is 44.4. The molecule has 0 radical (unpaired) electrons. The van der Waals surface area contributed by atoms with Crippen LogP contribution in [0, 0.1) is 17.8 Å². The number of phosphoric ester groups is 2. The van der Waals surface area contributed by atoms with Gasteiger partial charge >= 0.3 is 39.5 Å². The third-order valence-electron chi connectivity index (χ3n) is 19.0. The molecule has 0 aromatic carbocycles. The lowest BCUT2D eigenvalue weighted by Gasteiger charge is -2.21. The minimum atomic E-state index is -4.96. The molecule has 0 aliphatic carbocycles. The summed E-state index contributed by atoms with van der Waals surface area (Å²) < 4.78 is 68.7. The molecule has 3 N–H and O–H groups in total. The lowest BCUT2D eigenvalue weighted by molar-refractivity contribution is -0.161. The van der Waals surface area contributed by atoms with Crippen LogP contribution in [0.5, 0.6) is 0 Å². The predicted molar refractivity (Wildman–Crippen MR) is 405 cm³/mol. The standard InChI is InChI=1S/C80H156O17P2/c1-8-10-11-12-13-14-15-16-17-21-24-27-32-40-47-54-61-77(82)90-67-75(96-79(84)63-56-49-42-33-28-25-22-19-18-20-23-26-30-37-44-51-58-71(3)4)69-94-98(86,87)92-65-74(81)66-93-99(88,89)95-70-76(97-80(85)64-57-50-43-34-29-31-38-45-52-59-72(5)6)68-91-78(83)62-55-48-41-36-35-39-46-53-60-73(7)9-2/h71-76,81H,8-70H2,1-7H3,(H,86,87)(H,88,89)/t73?,74-,75-,76-/m1/s1. The summed E-state index contributed by atoms with van der Waals surface area (Å²) in [7, 11) is -9.92. The molecule has 0 bridgehead atoms. The van der Waals surface area contributed by atoms with Gasteiger partial charge in [0.25, 0.3) is 0 Å². The first-order valence-electron chi connectivity index (χ1n) is 41.4. The van der Waals surface area contributed by atoms with E-state index < -0.39 is 97.5 Å². The summed E-state index contributed by atoms with van der Waals surface area (Å²) in [6.45, 7) is 11.9. The van der Waals surface area contributed by atoms with E-state index in [1.54, 1.807) is 0 Å². The van der Waals surface area contributed by atoms with Crippen molar-refractivity contribution in [2.75, 3.05) is 39.6 Å².